The zero-order chi connectivity index (χ0) is 20.9. The summed E-state index contributed by atoms with van der Waals surface area (Å²) in [5, 5.41) is 0. The summed E-state index contributed by atoms with van der Waals surface area (Å²) in [4.78, 5) is 2.21. The van der Waals surface area contributed by atoms with E-state index >= 15 is 0 Å². The molecule has 1 nitrogen and oxygen atoms in total. The molecule has 0 unspecified atom stereocenters. The summed E-state index contributed by atoms with van der Waals surface area (Å²) in [7, 11) is 0. The maximum Gasteiger partial charge on any atom is 0.277 e. The Labute approximate surface area is 149 Å². The predicted molar refractivity (Wildman–Crippen MR) is 77.9 cm³/mol. The van der Waals surface area contributed by atoms with Gasteiger partial charge in [-0.15, -0.1) is 0 Å². The second-order valence-corrected chi connectivity index (χ2v) is 5.53. The Balaban J connectivity index is 2.48. The van der Waals surface area contributed by atoms with Crippen LogP contribution in [0.3, 0.4) is 0 Å². The molecule has 0 atom stereocenters. The first-order valence-electron chi connectivity index (χ1n) is 7.25. The van der Waals surface area contributed by atoms with Crippen molar-refractivity contribution in [3.63, 3.8) is 0 Å². The fourth-order valence-electron chi connectivity index (χ4n) is 2.73. The van der Waals surface area contributed by atoms with Crippen molar-refractivity contribution in [2.24, 2.45) is 0 Å². The number of nitrogens with one attached hydrogen (secondary N) is 1. The monoisotopic (exact) mass is 411 g/mol. The molecule has 28 heavy (non-hydrogen) atoms. The Bertz CT molecular complexity index is 953. The summed E-state index contributed by atoms with van der Waals surface area (Å²) < 4.78 is 138. The normalized spacial score (nSPS) is 11.2. The van der Waals surface area contributed by atoms with E-state index in [-0.39, 0.29) is 0 Å². The van der Waals surface area contributed by atoms with Crippen LogP contribution >= 0.6 is 0 Å². The number of aromatic nitrogens is 1. The molecule has 0 bridgehead atoms. The lowest BCUT2D eigenvalue weighted by Gasteiger charge is -2.18. The van der Waals surface area contributed by atoms with Crippen LogP contribution in [0, 0.1) is 58.2 Å². The number of hydrogen-bond donors (Lipinski definition) is 1. The van der Waals surface area contributed by atoms with E-state index < -0.39 is 81.4 Å². The van der Waals surface area contributed by atoms with Crippen LogP contribution in [0.1, 0.15) is 0 Å². The van der Waals surface area contributed by atoms with Gasteiger partial charge in [0.15, 0.2) is 58.2 Å². The lowest BCUT2D eigenvalue weighted by atomic mass is 9.38. The molecule has 0 spiro atoms. The van der Waals surface area contributed by atoms with Crippen LogP contribution in [-0.2, 0) is 0 Å². The molecule has 0 radical (unpaired) electrons. The second kappa shape index (κ2) is 6.91. The van der Waals surface area contributed by atoms with E-state index in [1.165, 1.54) is 0 Å². The highest BCUT2D eigenvalue weighted by Gasteiger charge is 2.41. The minimum absolute atomic E-state index is 0.591. The van der Waals surface area contributed by atoms with Crippen LogP contribution in [-0.4, -0.2) is 11.7 Å². The van der Waals surface area contributed by atoms with Crippen molar-refractivity contribution in [3.8, 4) is 0 Å². The molecule has 1 heterocycles. The summed E-state index contributed by atoms with van der Waals surface area (Å²) in [5.41, 5.74) is -4.17. The SMILES string of the molecule is Fc1c(F)c(F)c(B(c2ccc[nH]2)c2c(F)c(F)c(F)c(F)c2F)c(F)c1F. The maximum absolute atomic E-state index is 14.2. The van der Waals surface area contributed by atoms with Gasteiger partial charge in [0, 0.05) is 17.1 Å². The highest BCUT2D eigenvalue weighted by atomic mass is 19.2. The van der Waals surface area contributed by atoms with Gasteiger partial charge in [0.1, 0.15) is 0 Å². The highest BCUT2D eigenvalue weighted by Crippen LogP contribution is 2.20. The molecular weight excluding hydrogens is 407 g/mol. The van der Waals surface area contributed by atoms with Crippen LogP contribution in [0.25, 0.3) is 0 Å². The van der Waals surface area contributed by atoms with Gasteiger partial charge in [-0.3, -0.25) is 0 Å². The van der Waals surface area contributed by atoms with Crippen molar-refractivity contribution in [2.75, 3.05) is 0 Å². The molecule has 3 rings (SSSR count). The molecule has 12 heteroatoms. The Kier molecular flexibility index (Phi) is 4.90. The quantitative estimate of drug-likeness (QED) is 0.296. The molecular formula is C16H4BF10N. The number of benzene rings is 2. The van der Waals surface area contributed by atoms with Crippen LogP contribution in [0.5, 0.6) is 0 Å². The van der Waals surface area contributed by atoms with Crippen LogP contribution < -0.4 is 16.5 Å². The largest absolute Gasteiger partial charge is 0.372 e. The zero-order valence-corrected chi connectivity index (χ0v) is 13.1. The molecule has 0 fully saturated rings. The van der Waals surface area contributed by atoms with Gasteiger partial charge in [0.2, 0.25) is 0 Å². The molecule has 0 aliphatic heterocycles. The van der Waals surface area contributed by atoms with E-state index in [9.17, 15) is 43.9 Å². The van der Waals surface area contributed by atoms with E-state index in [2.05, 4.69) is 4.98 Å². The summed E-state index contributed by atoms with van der Waals surface area (Å²) in [5.74, 6) is -24.9. The van der Waals surface area contributed by atoms with Crippen LogP contribution in [0.2, 0.25) is 0 Å². The first-order valence-corrected chi connectivity index (χ1v) is 7.25. The molecule has 1 aromatic heterocycles. The summed E-state index contributed by atoms with van der Waals surface area (Å²) >= 11 is 0. The van der Waals surface area contributed by atoms with E-state index in [1.807, 2.05) is 0 Å². The lowest BCUT2D eigenvalue weighted by Crippen LogP contribution is -2.58. The standard InChI is InChI=1S/C16H4BF10N/c18-7-5(8(19)12(23)15(26)11(7)22)17(4-2-1-3-28-4)6-9(20)13(24)16(27)14(25)10(6)21/h1-3,28H. The topological polar surface area (TPSA) is 15.8 Å². The highest BCUT2D eigenvalue weighted by molar-refractivity contribution is 6.95. The molecule has 2 aromatic carbocycles. The van der Waals surface area contributed by atoms with Crippen molar-refractivity contribution in [3.05, 3.63) is 76.5 Å². The molecule has 0 saturated heterocycles. The fourth-order valence-corrected chi connectivity index (χ4v) is 2.73. The third-order valence-electron chi connectivity index (χ3n) is 4.00. The molecule has 146 valence electrons. The van der Waals surface area contributed by atoms with E-state index in [1.54, 1.807) is 0 Å². The van der Waals surface area contributed by atoms with E-state index in [4.69, 9.17) is 0 Å². The third kappa shape index (κ3) is 2.74. The zero-order valence-electron chi connectivity index (χ0n) is 13.1. The van der Waals surface area contributed by atoms with E-state index in [0.29, 0.717) is 0 Å². The van der Waals surface area contributed by atoms with Crippen molar-refractivity contribution in [2.45, 2.75) is 0 Å². The second-order valence-electron chi connectivity index (χ2n) is 5.53. The van der Waals surface area contributed by atoms with Crippen molar-refractivity contribution in [1.29, 1.82) is 0 Å². The van der Waals surface area contributed by atoms with Gasteiger partial charge in [-0.1, -0.05) is 6.07 Å². The van der Waals surface area contributed by atoms with Crippen LogP contribution in [0.4, 0.5) is 43.9 Å². The number of H-pyrrole nitrogens is 1. The smallest absolute Gasteiger partial charge is 0.277 e. The lowest BCUT2D eigenvalue weighted by molar-refractivity contribution is 0.382. The molecule has 0 amide bonds. The molecule has 0 aliphatic carbocycles. The van der Waals surface area contributed by atoms with Gasteiger partial charge in [-0.25, -0.2) is 43.9 Å². The minimum atomic E-state index is -2.57. The minimum Gasteiger partial charge on any atom is -0.372 e. The summed E-state index contributed by atoms with van der Waals surface area (Å²) in [6.07, 6.45) is 1.04. The number of aromatic amines is 1. The van der Waals surface area contributed by atoms with Crippen molar-refractivity contribution < 1.29 is 43.9 Å². The van der Waals surface area contributed by atoms with Gasteiger partial charge < -0.3 is 4.98 Å². The Morgan fingerprint density at radius 1 is 0.500 bits per heavy atom. The average molecular weight is 411 g/mol. The molecule has 0 aliphatic rings. The molecule has 1 N–H and O–H groups in total. The third-order valence-corrected chi connectivity index (χ3v) is 4.00. The van der Waals surface area contributed by atoms with Crippen molar-refractivity contribution in [1.82, 2.24) is 4.98 Å². The first-order chi connectivity index (χ1) is 13.1. The molecule has 0 saturated carbocycles. The summed E-state index contributed by atoms with van der Waals surface area (Å²) in [6, 6.07) is 2.02. The Morgan fingerprint density at radius 2 is 0.821 bits per heavy atom. The fraction of sp³-hybridized carbons (Fsp3) is 0. The van der Waals surface area contributed by atoms with Gasteiger partial charge in [-0.2, -0.15) is 0 Å². The predicted octanol–water partition coefficient (Wildman–Crippen LogP) is 2.92. The average Bonchev–Trinajstić information content (AvgIpc) is 3.21. The van der Waals surface area contributed by atoms with Gasteiger partial charge in [0.25, 0.3) is 6.71 Å². The number of halogens is 10. The number of rotatable bonds is 3. The Morgan fingerprint density at radius 3 is 1.11 bits per heavy atom. The number of hydrogen-bond acceptors (Lipinski definition) is 0. The van der Waals surface area contributed by atoms with Crippen molar-refractivity contribution >= 4 is 23.2 Å². The summed E-state index contributed by atoms with van der Waals surface area (Å²) in [6.45, 7) is -2.57. The van der Waals surface area contributed by atoms with E-state index in [0.717, 1.165) is 18.3 Å². The van der Waals surface area contributed by atoms with Gasteiger partial charge in [0.05, 0.1) is 0 Å². The first kappa shape index (κ1) is 19.8. The maximum atomic E-state index is 14.2. The molecule has 3 aromatic rings. The Hall–Kier alpha value is -2.92. The van der Waals surface area contributed by atoms with Crippen LogP contribution in [0.15, 0.2) is 18.3 Å². The van der Waals surface area contributed by atoms with Gasteiger partial charge in [-0.05, 0) is 11.7 Å². The van der Waals surface area contributed by atoms with Gasteiger partial charge >= 0.3 is 0 Å².